The number of aromatic nitrogens is 2. The summed E-state index contributed by atoms with van der Waals surface area (Å²) in [7, 11) is 1.89. The van der Waals surface area contributed by atoms with E-state index in [0.29, 0.717) is 37.2 Å². The van der Waals surface area contributed by atoms with Gasteiger partial charge in [0, 0.05) is 61.5 Å². The van der Waals surface area contributed by atoms with Crippen molar-refractivity contribution in [2.24, 2.45) is 11.8 Å². The number of imidazole rings is 1. The maximum atomic E-state index is 13.6. The number of carbonyl (C=O) groups is 2. The molecule has 1 saturated heterocycles. The highest BCUT2D eigenvalue weighted by Gasteiger charge is 2.31. The number of carbonyl (C=O) groups excluding carboxylic acids is 2. The van der Waals surface area contributed by atoms with Gasteiger partial charge in [-0.3, -0.25) is 9.59 Å². The predicted octanol–water partition coefficient (Wildman–Crippen LogP) is 6.92. The molecule has 206 valence electrons. The molecule has 1 aliphatic heterocycles. The summed E-state index contributed by atoms with van der Waals surface area (Å²) in [4.78, 5) is 35.3. The summed E-state index contributed by atoms with van der Waals surface area (Å²) in [6, 6.07) is 10.7. The molecule has 0 saturated carbocycles. The van der Waals surface area contributed by atoms with Crippen LogP contribution in [0.15, 0.2) is 35.7 Å². The number of rotatable bonds is 12. The highest BCUT2D eigenvalue weighted by Crippen LogP contribution is 2.30. The molecule has 0 spiro atoms. The van der Waals surface area contributed by atoms with Crippen molar-refractivity contribution in [3.8, 4) is 0 Å². The molecule has 3 aromatic rings. The van der Waals surface area contributed by atoms with Gasteiger partial charge in [0.05, 0.1) is 11.0 Å². The molecule has 6 nitrogen and oxygen atoms in total. The Hall–Kier alpha value is -2.51. The maximum Gasteiger partial charge on any atom is 0.226 e. The smallest absolute Gasteiger partial charge is 0.226 e. The van der Waals surface area contributed by atoms with Crippen LogP contribution in [0.1, 0.15) is 93.3 Å². The van der Waals surface area contributed by atoms with Gasteiger partial charge in [-0.15, -0.1) is 11.3 Å². The van der Waals surface area contributed by atoms with Crippen LogP contribution in [0.2, 0.25) is 0 Å². The summed E-state index contributed by atoms with van der Waals surface area (Å²) in [6.45, 7) is 10.0. The zero-order chi connectivity index (χ0) is 27.2. The standard InChI is InChI=1S/C31H43N3O3S/c1-6-24(7-2)34-28-11-10-22(18-27(28)32-30(34)20-26-9-8-16-38-26)29(35)19-23(17-21(3)4)31(36)33(5)25-12-14-37-15-13-25/h8-11,16,18,21,23-25H,6-7,12-15,17,19-20H2,1-5H3/t23-/m1/s1. The number of ketones is 1. The normalized spacial score (nSPS) is 15.4. The molecule has 1 fully saturated rings. The topological polar surface area (TPSA) is 64.4 Å². The molecule has 1 aromatic carbocycles. The molecule has 1 amide bonds. The Balaban J connectivity index is 1.59. The van der Waals surface area contributed by atoms with Crippen molar-refractivity contribution in [3.63, 3.8) is 0 Å². The van der Waals surface area contributed by atoms with Gasteiger partial charge in [0.1, 0.15) is 5.82 Å². The summed E-state index contributed by atoms with van der Waals surface area (Å²) in [6.07, 6.45) is 5.48. The van der Waals surface area contributed by atoms with Crippen molar-refractivity contribution in [1.82, 2.24) is 14.5 Å². The lowest BCUT2D eigenvalue weighted by molar-refractivity contribution is -0.138. The molecule has 0 bridgehead atoms. The number of thiophene rings is 1. The van der Waals surface area contributed by atoms with E-state index in [9.17, 15) is 9.59 Å². The van der Waals surface area contributed by atoms with Crippen molar-refractivity contribution < 1.29 is 14.3 Å². The lowest BCUT2D eigenvalue weighted by atomic mass is 9.88. The van der Waals surface area contributed by atoms with Crippen LogP contribution >= 0.6 is 11.3 Å². The summed E-state index contributed by atoms with van der Waals surface area (Å²) >= 11 is 1.75. The van der Waals surface area contributed by atoms with E-state index < -0.39 is 0 Å². The number of Topliss-reactive ketones (excluding diaryl/α,β-unsaturated/α-hetero) is 1. The van der Waals surface area contributed by atoms with Gasteiger partial charge in [-0.2, -0.15) is 0 Å². The lowest BCUT2D eigenvalue weighted by Crippen LogP contribution is -2.44. The molecule has 7 heteroatoms. The molecule has 0 aliphatic carbocycles. The zero-order valence-electron chi connectivity index (χ0n) is 23.6. The van der Waals surface area contributed by atoms with Crippen LogP contribution in [0.4, 0.5) is 0 Å². The Bertz CT molecular complexity index is 1210. The first-order valence-electron chi connectivity index (χ1n) is 14.2. The van der Waals surface area contributed by atoms with Crippen molar-refractivity contribution >= 4 is 34.1 Å². The molecule has 3 heterocycles. The van der Waals surface area contributed by atoms with Gasteiger partial charge in [-0.25, -0.2) is 4.98 Å². The number of benzene rings is 1. The van der Waals surface area contributed by atoms with Crippen molar-refractivity contribution in [3.05, 3.63) is 52.0 Å². The minimum absolute atomic E-state index is 0.0168. The molecule has 1 aliphatic rings. The Morgan fingerprint density at radius 2 is 1.89 bits per heavy atom. The van der Waals surface area contributed by atoms with E-state index in [0.717, 1.165) is 49.0 Å². The quantitative estimate of drug-likeness (QED) is 0.235. The first-order valence-corrected chi connectivity index (χ1v) is 15.1. The van der Waals surface area contributed by atoms with Gasteiger partial charge in [0.15, 0.2) is 5.78 Å². The van der Waals surface area contributed by atoms with E-state index >= 15 is 0 Å². The number of fused-ring (bicyclic) bond motifs is 1. The first-order chi connectivity index (χ1) is 18.3. The van der Waals surface area contributed by atoms with Gasteiger partial charge >= 0.3 is 0 Å². The van der Waals surface area contributed by atoms with Crippen LogP contribution < -0.4 is 0 Å². The largest absolute Gasteiger partial charge is 0.381 e. The minimum atomic E-state index is -0.317. The Labute approximate surface area is 231 Å². The van der Waals surface area contributed by atoms with Gasteiger partial charge in [0.2, 0.25) is 5.91 Å². The fourth-order valence-electron chi connectivity index (χ4n) is 5.80. The highest BCUT2D eigenvalue weighted by molar-refractivity contribution is 7.09. The molecule has 0 unspecified atom stereocenters. The van der Waals surface area contributed by atoms with Crippen LogP contribution in [0.25, 0.3) is 11.0 Å². The summed E-state index contributed by atoms with van der Waals surface area (Å²) in [5.41, 5.74) is 2.58. The third kappa shape index (κ3) is 6.55. The van der Waals surface area contributed by atoms with Gasteiger partial charge in [0.25, 0.3) is 0 Å². The second kappa shape index (κ2) is 13.0. The molecule has 4 rings (SSSR count). The average molecular weight is 538 g/mol. The van der Waals surface area contributed by atoms with Crippen LogP contribution in [-0.2, 0) is 16.0 Å². The van der Waals surface area contributed by atoms with Crippen molar-refractivity contribution in [2.75, 3.05) is 20.3 Å². The first kappa shape index (κ1) is 28.5. The number of amides is 1. The monoisotopic (exact) mass is 537 g/mol. The van der Waals surface area contributed by atoms with E-state index in [2.05, 4.69) is 55.8 Å². The molecular weight excluding hydrogens is 494 g/mol. The van der Waals surface area contributed by atoms with Gasteiger partial charge in [-0.05, 0) is 67.7 Å². The van der Waals surface area contributed by atoms with Gasteiger partial charge < -0.3 is 14.2 Å². The third-order valence-electron chi connectivity index (χ3n) is 7.93. The summed E-state index contributed by atoms with van der Waals surface area (Å²) in [5, 5.41) is 2.10. The van der Waals surface area contributed by atoms with Crippen LogP contribution in [0, 0.1) is 11.8 Å². The molecule has 0 N–H and O–H groups in total. The van der Waals surface area contributed by atoms with E-state index in [1.165, 1.54) is 4.88 Å². The van der Waals surface area contributed by atoms with Gasteiger partial charge in [-0.1, -0.05) is 33.8 Å². The second-order valence-corrected chi connectivity index (χ2v) is 12.1. The van der Waals surface area contributed by atoms with E-state index in [1.54, 1.807) is 11.3 Å². The van der Waals surface area contributed by atoms with Crippen molar-refractivity contribution in [1.29, 1.82) is 0 Å². The maximum absolute atomic E-state index is 13.6. The van der Waals surface area contributed by atoms with Crippen molar-refractivity contribution in [2.45, 2.75) is 84.7 Å². The molecule has 38 heavy (non-hydrogen) atoms. The Morgan fingerprint density at radius 1 is 1.16 bits per heavy atom. The predicted molar refractivity (Wildman–Crippen MR) is 155 cm³/mol. The Morgan fingerprint density at radius 3 is 2.53 bits per heavy atom. The SMILES string of the molecule is CCC(CC)n1c(Cc2cccs2)nc2cc(C(=O)C[C@@H](CC(C)C)C(=O)N(C)C3CCOCC3)ccc21. The Kier molecular flexibility index (Phi) is 9.77. The van der Waals surface area contributed by atoms with E-state index in [4.69, 9.17) is 9.72 Å². The van der Waals surface area contributed by atoms with Crippen LogP contribution in [0.3, 0.4) is 0 Å². The molecule has 2 aromatic heterocycles. The van der Waals surface area contributed by atoms with Crippen LogP contribution in [-0.4, -0.2) is 52.4 Å². The third-order valence-corrected chi connectivity index (χ3v) is 8.80. The number of hydrogen-bond acceptors (Lipinski definition) is 5. The highest BCUT2D eigenvalue weighted by atomic mass is 32.1. The number of nitrogens with zero attached hydrogens (tertiary/aromatic N) is 3. The second-order valence-electron chi connectivity index (χ2n) is 11.1. The van der Waals surface area contributed by atoms with Crippen LogP contribution in [0.5, 0.6) is 0 Å². The fourth-order valence-corrected chi connectivity index (χ4v) is 6.50. The van der Waals surface area contributed by atoms with E-state index in [-0.39, 0.29) is 30.1 Å². The fraction of sp³-hybridized carbons (Fsp3) is 0.581. The number of hydrogen-bond donors (Lipinski definition) is 0. The molecular formula is C31H43N3O3S. The summed E-state index contributed by atoms with van der Waals surface area (Å²) < 4.78 is 7.85. The zero-order valence-corrected chi connectivity index (χ0v) is 24.4. The summed E-state index contributed by atoms with van der Waals surface area (Å²) in [5.74, 6) is 1.16. The van der Waals surface area contributed by atoms with E-state index in [1.807, 2.05) is 24.1 Å². The molecule has 0 radical (unpaired) electrons. The average Bonchev–Trinajstić information content (AvgIpc) is 3.56. The molecule has 1 atom stereocenters. The number of ether oxygens (including phenoxy) is 1. The lowest BCUT2D eigenvalue weighted by Gasteiger charge is -2.34. The minimum Gasteiger partial charge on any atom is -0.381 e.